The number of hydrogen-bond acceptors (Lipinski definition) is 5. The molecule has 100 valence electrons. The van der Waals surface area contributed by atoms with Gasteiger partial charge in [-0.1, -0.05) is 11.6 Å². The highest BCUT2D eigenvalue weighted by Crippen LogP contribution is 2.25. The number of hydrogen-bond donors (Lipinski definition) is 1. The molecule has 19 heavy (non-hydrogen) atoms. The van der Waals surface area contributed by atoms with Crippen LogP contribution in [0.15, 0.2) is 11.4 Å². The van der Waals surface area contributed by atoms with Crippen LogP contribution in [0.5, 0.6) is 0 Å². The first kappa shape index (κ1) is 12.8. The lowest BCUT2D eigenvalue weighted by Gasteiger charge is -2.17. The molecule has 0 unspecified atom stereocenters. The fourth-order valence-corrected chi connectivity index (χ4v) is 3.22. The number of halogens is 1. The predicted octanol–water partition coefficient (Wildman–Crippen LogP) is 1.67. The first-order valence-electron chi connectivity index (χ1n) is 6.11. The fraction of sp³-hybridized carbons (Fsp3) is 0.417. The van der Waals surface area contributed by atoms with E-state index in [-0.39, 0.29) is 5.91 Å². The van der Waals surface area contributed by atoms with Gasteiger partial charge in [0.1, 0.15) is 15.8 Å². The summed E-state index contributed by atoms with van der Waals surface area (Å²) in [5.74, 6) is 0.732. The maximum absolute atomic E-state index is 11.5. The van der Waals surface area contributed by atoms with E-state index in [1.165, 1.54) is 0 Å². The Morgan fingerprint density at radius 2 is 2.37 bits per heavy atom. The lowest BCUT2D eigenvalue weighted by Crippen LogP contribution is -2.33. The number of nitrogens with one attached hydrogen (secondary N) is 1. The van der Waals surface area contributed by atoms with Gasteiger partial charge in [0.25, 0.3) is 0 Å². The van der Waals surface area contributed by atoms with Crippen molar-refractivity contribution in [3.05, 3.63) is 22.4 Å². The van der Waals surface area contributed by atoms with Gasteiger partial charge in [0, 0.05) is 18.5 Å². The summed E-state index contributed by atoms with van der Waals surface area (Å²) in [4.78, 5) is 23.3. The first-order chi connectivity index (χ1) is 9.22. The lowest BCUT2D eigenvalue weighted by atomic mass is 10.3. The van der Waals surface area contributed by atoms with Gasteiger partial charge in [0.2, 0.25) is 5.91 Å². The quantitative estimate of drug-likeness (QED) is 0.857. The smallest absolute Gasteiger partial charge is 0.234 e. The van der Waals surface area contributed by atoms with E-state index in [0.29, 0.717) is 24.1 Å². The summed E-state index contributed by atoms with van der Waals surface area (Å²) in [5, 5.41) is 6.18. The molecule has 3 heterocycles. The Morgan fingerprint density at radius 3 is 3.26 bits per heavy atom. The number of thiophene rings is 1. The molecule has 0 saturated carbocycles. The van der Waals surface area contributed by atoms with Crippen molar-refractivity contribution >= 4 is 39.1 Å². The van der Waals surface area contributed by atoms with Gasteiger partial charge in [0.15, 0.2) is 0 Å². The van der Waals surface area contributed by atoms with E-state index < -0.39 is 0 Å². The van der Waals surface area contributed by atoms with Crippen molar-refractivity contribution in [3.63, 3.8) is 0 Å². The van der Waals surface area contributed by atoms with Crippen LogP contribution in [0.2, 0.25) is 5.15 Å². The number of rotatable bonds is 2. The molecule has 0 bridgehead atoms. The molecule has 0 aromatic carbocycles. The SMILES string of the molecule is O=C1CN(Cc2nc(Cl)c3ccsc3n2)CCCN1. The third-order valence-electron chi connectivity index (χ3n) is 3.03. The molecule has 1 aliphatic heterocycles. The van der Waals surface area contributed by atoms with Crippen molar-refractivity contribution in [2.45, 2.75) is 13.0 Å². The molecule has 2 aromatic heterocycles. The Labute approximate surface area is 119 Å². The zero-order chi connectivity index (χ0) is 13.2. The summed E-state index contributed by atoms with van der Waals surface area (Å²) in [6.45, 7) is 2.55. The molecule has 1 amide bonds. The number of aromatic nitrogens is 2. The van der Waals surface area contributed by atoms with Gasteiger partial charge in [-0.2, -0.15) is 0 Å². The van der Waals surface area contributed by atoms with Crippen LogP contribution in [0.1, 0.15) is 12.2 Å². The van der Waals surface area contributed by atoms with Crippen LogP contribution in [0, 0.1) is 0 Å². The van der Waals surface area contributed by atoms with E-state index in [2.05, 4.69) is 15.3 Å². The highest BCUT2D eigenvalue weighted by atomic mass is 35.5. The van der Waals surface area contributed by atoms with E-state index in [1.807, 2.05) is 16.3 Å². The van der Waals surface area contributed by atoms with Gasteiger partial charge < -0.3 is 5.32 Å². The zero-order valence-corrected chi connectivity index (χ0v) is 11.8. The second kappa shape index (κ2) is 5.40. The number of carbonyl (C=O) groups is 1. The minimum Gasteiger partial charge on any atom is -0.355 e. The van der Waals surface area contributed by atoms with E-state index in [1.54, 1.807) is 11.3 Å². The summed E-state index contributed by atoms with van der Waals surface area (Å²) in [6, 6.07) is 1.92. The van der Waals surface area contributed by atoms with Crippen molar-refractivity contribution in [2.75, 3.05) is 19.6 Å². The molecule has 1 aliphatic rings. The van der Waals surface area contributed by atoms with Crippen LogP contribution in [-0.2, 0) is 11.3 Å². The van der Waals surface area contributed by atoms with Gasteiger partial charge in [-0.05, 0) is 17.9 Å². The van der Waals surface area contributed by atoms with Gasteiger partial charge in [0.05, 0.1) is 13.1 Å². The Hall–Kier alpha value is -1.24. The zero-order valence-electron chi connectivity index (χ0n) is 10.2. The summed E-state index contributed by atoms with van der Waals surface area (Å²) in [6.07, 6.45) is 0.945. The van der Waals surface area contributed by atoms with E-state index >= 15 is 0 Å². The minimum absolute atomic E-state index is 0.0563. The van der Waals surface area contributed by atoms with E-state index in [9.17, 15) is 4.79 Å². The molecule has 0 atom stereocenters. The number of carbonyl (C=O) groups excluding carboxylic acids is 1. The monoisotopic (exact) mass is 296 g/mol. The van der Waals surface area contributed by atoms with Crippen molar-refractivity contribution in [2.24, 2.45) is 0 Å². The standard InChI is InChI=1S/C12H13ClN4OS/c13-11-8-2-5-19-12(8)16-9(15-11)6-17-4-1-3-14-10(18)7-17/h2,5H,1,3-4,6-7H2,(H,14,18). The van der Waals surface area contributed by atoms with Crippen LogP contribution in [0.4, 0.5) is 0 Å². The largest absolute Gasteiger partial charge is 0.355 e. The second-order valence-corrected chi connectivity index (χ2v) is 5.74. The van der Waals surface area contributed by atoms with Gasteiger partial charge in [-0.25, -0.2) is 9.97 Å². The van der Waals surface area contributed by atoms with Gasteiger partial charge in [-0.3, -0.25) is 9.69 Å². The Morgan fingerprint density at radius 1 is 1.47 bits per heavy atom. The van der Waals surface area contributed by atoms with Crippen LogP contribution >= 0.6 is 22.9 Å². The summed E-state index contributed by atoms with van der Waals surface area (Å²) in [5.41, 5.74) is 0. The van der Waals surface area contributed by atoms with Crippen LogP contribution < -0.4 is 5.32 Å². The molecule has 0 aliphatic carbocycles. The van der Waals surface area contributed by atoms with Gasteiger partial charge >= 0.3 is 0 Å². The average molecular weight is 297 g/mol. The third-order valence-corrected chi connectivity index (χ3v) is 4.13. The average Bonchev–Trinajstić information content (AvgIpc) is 2.74. The Bertz CT molecular complexity index is 615. The van der Waals surface area contributed by atoms with Crippen LogP contribution in [-0.4, -0.2) is 40.4 Å². The predicted molar refractivity (Wildman–Crippen MR) is 75.3 cm³/mol. The summed E-state index contributed by atoms with van der Waals surface area (Å²) < 4.78 is 0. The molecule has 3 rings (SSSR count). The normalized spacial score (nSPS) is 17.4. The summed E-state index contributed by atoms with van der Waals surface area (Å²) >= 11 is 7.69. The lowest BCUT2D eigenvalue weighted by molar-refractivity contribution is -0.121. The highest BCUT2D eigenvalue weighted by Gasteiger charge is 2.16. The molecule has 7 heteroatoms. The van der Waals surface area contributed by atoms with Crippen LogP contribution in [0.3, 0.4) is 0 Å². The molecule has 5 nitrogen and oxygen atoms in total. The Kier molecular flexibility index (Phi) is 3.63. The van der Waals surface area contributed by atoms with E-state index in [0.717, 1.165) is 29.7 Å². The number of nitrogens with zero attached hydrogens (tertiary/aromatic N) is 3. The topological polar surface area (TPSA) is 58.1 Å². The molecular formula is C12H13ClN4OS. The Balaban J connectivity index is 1.82. The molecule has 0 spiro atoms. The molecule has 0 radical (unpaired) electrons. The van der Waals surface area contributed by atoms with Gasteiger partial charge in [-0.15, -0.1) is 11.3 Å². The number of amides is 1. The van der Waals surface area contributed by atoms with Crippen molar-refractivity contribution in [3.8, 4) is 0 Å². The van der Waals surface area contributed by atoms with Crippen LogP contribution in [0.25, 0.3) is 10.2 Å². The second-order valence-electron chi connectivity index (χ2n) is 4.48. The molecule has 1 N–H and O–H groups in total. The molecule has 1 fully saturated rings. The van der Waals surface area contributed by atoms with Crippen molar-refractivity contribution in [1.29, 1.82) is 0 Å². The van der Waals surface area contributed by atoms with Crippen molar-refractivity contribution in [1.82, 2.24) is 20.2 Å². The van der Waals surface area contributed by atoms with Crippen molar-refractivity contribution < 1.29 is 4.79 Å². The highest BCUT2D eigenvalue weighted by molar-refractivity contribution is 7.16. The minimum atomic E-state index is 0.0563. The molecule has 1 saturated heterocycles. The maximum Gasteiger partial charge on any atom is 0.234 e. The van der Waals surface area contributed by atoms with E-state index in [4.69, 9.17) is 11.6 Å². The maximum atomic E-state index is 11.5. The first-order valence-corrected chi connectivity index (χ1v) is 7.37. The third kappa shape index (κ3) is 2.86. The fourth-order valence-electron chi connectivity index (χ4n) is 2.13. The number of fused-ring (bicyclic) bond motifs is 1. The molecule has 2 aromatic rings. The molecular weight excluding hydrogens is 284 g/mol. The summed E-state index contributed by atoms with van der Waals surface area (Å²) in [7, 11) is 0.